The number of rotatable bonds is 3. The van der Waals surface area contributed by atoms with E-state index in [2.05, 4.69) is 37.9 Å². The van der Waals surface area contributed by atoms with Crippen molar-refractivity contribution in [3.63, 3.8) is 0 Å². The first-order valence-corrected chi connectivity index (χ1v) is 7.40. The largest absolute Gasteiger partial charge is 0.391 e. The summed E-state index contributed by atoms with van der Waals surface area (Å²) in [6.07, 6.45) is 0.483. The second kappa shape index (κ2) is 5.29. The zero-order valence-corrected chi connectivity index (χ0v) is 12.0. The van der Waals surface area contributed by atoms with Gasteiger partial charge in [0.2, 0.25) is 0 Å². The highest BCUT2D eigenvalue weighted by molar-refractivity contribution is 9.10. The Morgan fingerprint density at radius 1 is 1.28 bits per heavy atom. The summed E-state index contributed by atoms with van der Waals surface area (Å²) < 4.78 is 1.08. The molecule has 0 aromatic heterocycles. The van der Waals surface area contributed by atoms with Crippen LogP contribution in [0.4, 0.5) is 0 Å². The fraction of sp³-hybridized carbons (Fsp3) is 0.571. The Kier molecular flexibility index (Phi) is 3.71. The third kappa shape index (κ3) is 2.62. The van der Waals surface area contributed by atoms with Crippen molar-refractivity contribution in [1.82, 2.24) is 9.80 Å². The van der Waals surface area contributed by atoms with E-state index in [1.807, 2.05) is 12.1 Å². The quantitative estimate of drug-likeness (QED) is 0.913. The zero-order valence-electron chi connectivity index (χ0n) is 10.4. The van der Waals surface area contributed by atoms with Crippen molar-refractivity contribution in [3.8, 4) is 0 Å². The molecule has 3 saturated heterocycles. The van der Waals surface area contributed by atoms with Crippen LogP contribution in [0.5, 0.6) is 0 Å². The van der Waals surface area contributed by atoms with Crippen molar-refractivity contribution in [2.75, 3.05) is 32.7 Å². The first-order chi connectivity index (χ1) is 8.72. The Labute approximate surface area is 117 Å². The molecular weight excluding hydrogens is 292 g/mol. The van der Waals surface area contributed by atoms with Crippen LogP contribution in [-0.4, -0.2) is 59.8 Å². The summed E-state index contributed by atoms with van der Waals surface area (Å²) in [5.74, 6) is 0. The standard InChI is InChI=1S/C14H19BrN2O/c15-12-3-1-2-11(8-12)9-14(18)13-10-16-4-6-17(13)7-5-16/h1-3,8,13-14,18H,4-7,9-10H2. The fourth-order valence-electron chi connectivity index (χ4n) is 3.06. The number of aliphatic hydroxyl groups excluding tert-OH is 1. The Morgan fingerprint density at radius 2 is 2.06 bits per heavy atom. The van der Waals surface area contributed by atoms with E-state index in [0.717, 1.165) is 30.5 Å². The van der Waals surface area contributed by atoms with Crippen LogP contribution in [-0.2, 0) is 6.42 Å². The van der Waals surface area contributed by atoms with E-state index in [4.69, 9.17) is 0 Å². The number of halogens is 1. The number of hydrogen-bond acceptors (Lipinski definition) is 3. The van der Waals surface area contributed by atoms with Crippen molar-refractivity contribution in [2.24, 2.45) is 0 Å². The van der Waals surface area contributed by atoms with Crippen molar-refractivity contribution in [2.45, 2.75) is 18.6 Å². The van der Waals surface area contributed by atoms with E-state index >= 15 is 0 Å². The zero-order chi connectivity index (χ0) is 12.5. The normalized spacial score (nSPS) is 32.4. The molecule has 0 amide bonds. The molecule has 3 aliphatic heterocycles. The smallest absolute Gasteiger partial charge is 0.0748 e. The van der Waals surface area contributed by atoms with Crippen LogP contribution in [0.15, 0.2) is 28.7 Å². The fourth-order valence-corrected chi connectivity index (χ4v) is 3.51. The average Bonchev–Trinajstić information content (AvgIpc) is 2.40. The van der Waals surface area contributed by atoms with Gasteiger partial charge in [0.15, 0.2) is 0 Å². The van der Waals surface area contributed by atoms with Crippen molar-refractivity contribution < 1.29 is 5.11 Å². The molecule has 3 heterocycles. The summed E-state index contributed by atoms with van der Waals surface area (Å²) in [5.41, 5.74) is 1.20. The molecule has 3 nitrogen and oxygen atoms in total. The van der Waals surface area contributed by atoms with E-state index in [1.54, 1.807) is 0 Å². The van der Waals surface area contributed by atoms with Crippen molar-refractivity contribution in [3.05, 3.63) is 34.3 Å². The maximum absolute atomic E-state index is 10.5. The minimum atomic E-state index is -0.262. The van der Waals surface area contributed by atoms with E-state index < -0.39 is 0 Å². The van der Waals surface area contributed by atoms with Crippen LogP contribution in [0.2, 0.25) is 0 Å². The predicted molar refractivity (Wildman–Crippen MR) is 75.7 cm³/mol. The van der Waals surface area contributed by atoms with Gasteiger partial charge in [-0.3, -0.25) is 9.80 Å². The first-order valence-electron chi connectivity index (χ1n) is 6.61. The van der Waals surface area contributed by atoms with E-state index in [0.29, 0.717) is 6.04 Å². The van der Waals surface area contributed by atoms with Crippen LogP contribution >= 0.6 is 15.9 Å². The lowest BCUT2D eigenvalue weighted by Gasteiger charge is -2.49. The number of hydrogen-bond donors (Lipinski definition) is 1. The Balaban J connectivity index is 1.66. The van der Waals surface area contributed by atoms with Gasteiger partial charge in [-0.15, -0.1) is 0 Å². The molecule has 3 fully saturated rings. The Morgan fingerprint density at radius 3 is 2.67 bits per heavy atom. The van der Waals surface area contributed by atoms with Gasteiger partial charge in [-0.25, -0.2) is 0 Å². The summed E-state index contributed by atoms with van der Waals surface area (Å²) in [6.45, 7) is 5.58. The lowest BCUT2D eigenvalue weighted by molar-refractivity contribution is -0.0453. The molecule has 1 N–H and O–H groups in total. The van der Waals surface area contributed by atoms with Gasteiger partial charge in [0.25, 0.3) is 0 Å². The number of piperazine rings is 3. The molecule has 4 heteroatoms. The summed E-state index contributed by atoms with van der Waals surface area (Å²) in [4.78, 5) is 4.91. The predicted octanol–water partition coefficient (Wildman–Crippen LogP) is 1.35. The number of nitrogens with zero attached hydrogens (tertiary/aromatic N) is 2. The second-order valence-corrected chi connectivity index (χ2v) is 6.22. The molecule has 2 unspecified atom stereocenters. The molecule has 18 heavy (non-hydrogen) atoms. The third-order valence-corrected chi connectivity index (χ3v) is 4.59. The lowest BCUT2D eigenvalue weighted by Crippen LogP contribution is -2.64. The monoisotopic (exact) mass is 310 g/mol. The van der Waals surface area contributed by atoms with Gasteiger partial charge in [0.1, 0.15) is 0 Å². The molecule has 98 valence electrons. The van der Waals surface area contributed by atoms with Crippen LogP contribution in [0.25, 0.3) is 0 Å². The molecule has 2 bridgehead atoms. The van der Waals surface area contributed by atoms with Gasteiger partial charge in [-0.2, -0.15) is 0 Å². The maximum Gasteiger partial charge on any atom is 0.0748 e. The van der Waals surface area contributed by atoms with Crippen LogP contribution in [0.3, 0.4) is 0 Å². The van der Waals surface area contributed by atoms with E-state index in [9.17, 15) is 5.11 Å². The molecule has 1 aromatic rings. The highest BCUT2D eigenvalue weighted by Gasteiger charge is 2.35. The minimum Gasteiger partial charge on any atom is -0.391 e. The SMILES string of the molecule is OC(Cc1cccc(Br)c1)C1CN2CCN1CC2. The highest BCUT2D eigenvalue weighted by atomic mass is 79.9. The number of aliphatic hydroxyl groups is 1. The molecule has 0 spiro atoms. The Hall–Kier alpha value is -0.420. The summed E-state index contributed by atoms with van der Waals surface area (Å²) in [6, 6.07) is 8.55. The topological polar surface area (TPSA) is 26.7 Å². The van der Waals surface area contributed by atoms with E-state index in [-0.39, 0.29) is 6.10 Å². The first kappa shape index (κ1) is 12.6. The summed E-state index contributed by atoms with van der Waals surface area (Å²) in [5, 5.41) is 10.5. The minimum absolute atomic E-state index is 0.262. The number of benzene rings is 1. The van der Waals surface area contributed by atoms with Crippen LogP contribution in [0.1, 0.15) is 5.56 Å². The van der Waals surface area contributed by atoms with Gasteiger partial charge in [-0.05, 0) is 24.1 Å². The summed E-state index contributed by atoms with van der Waals surface area (Å²) in [7, 11) is 0. The number of fused-ring (bicyclic) bond motifs is 3. The molecular formula is C14H19BrN2O. The highest BCUT2D eigenvalue weighted by Crippen LogP contribution is 2.21. The van der Waals surface area contributed by atoms with Gasteiger partial charge in [0, 0.05) is 43.2 Å². The maximum atomic E-state index is 10.5. The van der Waals surface area contributed by atoms with Crippen molar-refractivity contribution in [1.29, 1.82) is 0 Å². The Bertz CT molecular complexity index is 418. The van der Waals surface area contributed by atoms with Crippen LogP contribution < -0.4 is 0 Å². The van der Waals surface area contributed by atoms with E-state index in [1.165, 1.54) is 18.7 Å². The molecule has 1 aromatic carbocycles. The molecule has 2 atom stereocenters. The molecule has 3 aliphatic rings. The molecule has 0 radical (unpaired) electrons. The van der Waals surface area contributed by atoms with Gasteiger partial charge >= 0.3 is 0 Å². The van der Waals surface area contributed by atoms with Gasteiger partial charge < -0.3 is 5.11 Å². The second-order valence-electron chi connectivity index (χ2n) is 5.31. The molecule has 0 aliphatic carbocycles. The average molecular weight is 311 g/mol. The van der Waals surface area contributed by atoms with Crippen LogP contribution in [0, 0.1) is 0 Å². The van der Waals surface area contributed by atoms with Gasteiger partial charge in [0.05, 0.1) is 6.10 Å². The molecule has 4 rings (SSSR count). The summed E-state index contributed by atoms with van der Waals surface area (Å²) >= 11 is 3.48. The van der Waals surface area contributed by atoms with Gasteiger partial charge in [-0.1, -0.05) is 28.1 Å². The lowest BCUT2D eigenvalue weighted by atomic mass is 9.97. The third-order valence-electron chi connectivity index (χ3n) is 4.10. The van der Waals surface area contributed by atoms with Crippen molar-refractivity contribution >= 4 is 15.9 Å². The molecule has 0 saturated carbocycles.